The molecule has 0 aliphatic heterocycles. The lowest BCUT2D eigenvalue weighted by Gasteiger charge is -2.14. The van der Waals surface area contributed by atoms with E-state index in [0.717, 1.165) is 17.4 Å². The van der Waals surface area contributed by atoms with Crippen molar-refractivity contribution in [3.05, 3.63) is 18.6 Å². The van der Waals surface area contributed by atoms with Crippen LogP contribution in [0.2, 0.25) is 0 Å². The van der Waals surface area contributed by atoms with E-state index in [1.807, 2.05) is 10.6 Å². The number of anilines is 2. The van der Waals surface area contributed by atoms with Crippen molar-refractivity contribution in [3.8, 4) is 0 Å². The fourth-order valence-electron chi connectivity index (χ4n) is 2.58. The molecule has 1 aliphatic carbocycles. The number of aromatic nitrogens is 3. The quantitative estimate of drug-likeness (QED) is 0.828. The fourth-order valence-corrected chi connectivity index (χ4v) is 2.58. The number of fused-ring (bicyclic) bond motifs is 1. The molecule has 0 amide bonds. The van der Waals surface area contributed by atoms with Gasteiger partial charge in [0.2, 0.25) is 0 Å². The molecule has 1 fully saturated rings. The highest BCUT2D eigenvalue weighted by atomic mass is 15.1. The van der Waals surface area contributed by atoms with Crippen molar-refractivity contribution in [2.75, 3.05) is 11.1 Å². The minimum Gasteiger partial charge on any atom is -0.382 e. The monoisotopic (exact) mass is 231 g/mol. The molecule has 2 aromatic heterocycles. The highest BCUT2D eigenvalue weighted by Gasteiger charge is 2.22. The van der Waals surface area contributed by atoms with E-state index < -0.39 is 0 Å². The molecule has 0 saturated heterocycles. The van der Waals surface area contributed by atoms with Crippen LogP contribution >= 0.6 is 0 Å². The Hall–Kier alpha value is -1.78. The van der Waals surface area contributed by atoms with Gasteiger partial charge in [-0.1, -0.05) is 6.92 Å². The first-order valence-corrected chi connectivity index (χ1v) is 6.08. The van der Waals surface area contributed by atoms with Gasteiger partial charge in [0.25, 0.3) is 0 Å². The topological polar surface area (TPSA) is 68.2 Å². The maximum Gasteiger partial charge on any atom is 0.180 e. The van der Waals surface area contributed by atoms with Crippen LogP contribution in [0.5, 0.6) is 0 Å². The number of imidazole rings is 1. The Balaban J connectivity index is 1.91. The van der Waals surface area contributed by atoms with E-state index in [-0.39, 0.29) is 0 Å². The molecular weight excluding hydrogens is 214 g/mol. The number of nitrogens with zero attached hydrogens (tertiary/aromatic N) is 3. The van der Waals surface area contributed by atoms with Gasteiger partial charge >= 0.3 is 0 Å². The SMILES string of the molecule is CC1CCC(Nc2nc(N)cn3ccnc23)C1. The summed E-state index contributed by atoms with van der Waals surface area (Å²) in [7, 11) is 0. The molecule has 2 atom stereocenters. The van der Waals surface area contributed by atoms with Crippen LogP contribution in [0.25, 0.3) is 5.65 Å². The predicted molar refractivity (Wildman–Crippen MR) is 67.8 cm³/mol. The summed E-state index contributed by atoms with van der Waals surface area (Å²) < 4.78 is 1.91. The Morgan fingerprint density at radius 2 is 2.35 bits per heavy atom. The number of nitrogens with one attached hydrogen (secondary N) is 1. The van der Waals surface area contributed by atoms with Crippen molar-refractivity contribution in [1.82, 2.24) is 14.4 Å². The Bertz CT molecular complexity index is 533. The number of rotatable bonds is 2. The van der Waals surface area contributed by atoms with Crippen LogP contribution in [0.1, 0.15) is 26.2 Å². The third kappa shape index (κ3) is 1.92. The molecule has 0 bridgehead atoms. The molecule has 5 heteroatoms. The number of nitrogens with two attached hydrogens (primary N) is 1. The van der Waals surface area contributed by atoms with E-state index in [2.05, 4.69) is 22.2 Å². The molecule has 5 nitrogen and oxygen atoms in total. The van der Waals surface area contributed by atoms with Crippen molar-refractivity contribution >= 4 is 17.3 Å². The van der Waals surface area contributed by atoms with E-state index in [1.165, 1.54) is 19.3 Å². The molecule has 17 heavy (non-hydrogen) atoms. The first kappa shape index (κ1) is 10.4. The molecule has 1 saturated carbocycles. The zero-order valence-corrected chi connectivity index (χ0v) is 9.93. The largest absolute Gasteiger partial charge is 0.382 e. The highest BCUT2D eigenvalue weighted by Crippen LogP contribution is 2.28. The zero-order chi connectivity index (χ0) is 11.8. The summed E-state index contributed by atoms with van der Waals surface area (Å²) in [6.07, 6.45) is 9.11. The maximum atomic E-state index is 5.79. The standard InChI is InChI=1S/C12H17N5/c1-8-2-3-9(6-8)15-11-12-14-4-5-17(12)7-10(13)16-11/h4-5,7-9H,2-3,6,13H2,1H3,(H,15,16). The lowest BCUT2D eigenvalue weighted by molar-refractivity contribution is 0.602. The lowest BCUT2D eigenvalue weighted by atomic mass is 10.1. The Morgan fingerprint density at radius 1 is 1.47 bits per heavy atom. The maximum absolute atomic E-state index is 5.79. The summed E-state index contributed by atoms with van der Waals surface area (Å²) in [5, 5.41) is 3.47. The van der Waals surface area contributed by atoms with Crippen molar-refractivity contribution in [2.24, 2.45) is 5.92 Å². The third-order valence-electron chi connectivity index (χ3n) is 3.43. The van der Waals surface area contributed by atoms with Gasteiger partial charge in [-0.05, 0) is 25.2 Å². The summed E-state index contributed by atoms with van der Waals surface area (Å²) in [6, 6.07) is 0.500. The van der Waals surface area contributed by atoms with Gasteiger partial charge in [0.15, 0.2) is 11.5 Å². The molecule has 2 aromatic rings. The van der Waals surface area contributed by atoms with Gasteiger partial charge in [0.05, 0.1) is 6.20 Å². The van der Waals surface area contributed by atoms with E-state index >= 15 is 0 Å². The minimum absolute atomic E-state index is 0.500. The lowest BCUT2D eigenvalue weighted by Crippen LogP contribution is -2.17. The van der Waals surface area contributed by atoms with E-state index in [0.29, 0.717) is 11.9 Å². The van der Waals surface area contributed by atoms with Crippen molar-refractivity contribution in [3.63, 3.8) is 0 Å². The van der Waals surface area contributed by atoms with Crippen LogP contribution in [0.4, 0.5) is 11.6 Å². The summed E-state index contributed by atoms with van der Waals surface area (Å²) in [5.74, 6) is 2.11. The second kappa shape index (κ2) is 3.91. The Labute approximate surface area is 100 Å². The smallest absolute Gasteiger partial charge is 0.180 e. The minimum atomic E-state index is 0.500. The van der Waals surface area contributed by atoms with Crippen LogP contribution in [-0.4, -0.2) is 20.4 Å². The van der Waals surface area contributed by atoms with Gasteiger partial charge < -0.3 is 15.5 Å². The molecule has 0 aromatic carbocycles. The number of nitrogen functional groups attached to an aromatic ring is 1. The predicted octanol–water partition coefficient (Wildman–Crippen LogP) is 1.91. The zero-order valence-electron chi connectivity index (χ0n) is 9.93. The second-order valence-corrected chi connectivity index (χ2v) is 4.93. The fraction of sp³-hybridized carbons (Fsp3) is 0.500. The van der Waals surface area contributed by atoms with Crippen molar-refractivity contribution in [1.29, 1.82) is 0 Å². The van der Waals surface area contributed by atoms with Crippen LogP contribution < -0.4 is 11.1 Å². The van der Waals surface area contributed by atoms with Crippen LogP contribution in [0.3, 0.4) is 0 Å². The number of hydrogen-bond donors (Lipinski definition) is 2. The Morgan fingerprint density at radius 3 is 3.12 bits per heavy atom. The summed E-state index contributed by atoms with van der Waals surface area (Å²) in [5.41, 5.74) is 6.63. The summed E-state index contributed by atoms with van der Waals surface area (Å²) >= 11 is 0. The average Bonchev–Trinajstić information content (AvgIpc) is 2.87. The van der Waals surface area contributed by atoms with Crippen molar-refractivity contribution in [2.45, 2.75) is 32.2 Å². The molecule has 3 rings (SSSR count). The van der Waals surface area contributed by atoms with Gasteiger partial charge in [0.1, 0.15) is 5.82 Å². The molecule has 1 aliphatic rings. The van der Waals surface area contributed by atoms with Crippen LogP contribution in [-0.2, 0) is 0 Å². The Kier molecular flexibility index (Phi) is 2.39. The van der Waals surface area contributed by atoms with Gasteiger partial charge in [-0.3, -0.25) is 0 Å². The van der Waals surface area contributed by atoms with Crippen LogP contribution in [0, 0.1) is 5.92 Å². The van der Waals surface area contributed by atoms with Gasteiger partial charge in [-0.25, -0.2) is 9.97 Å². The summed E-state index contributed by atoms with van der Waals surface area (Å²) in [6.45, 7) is 2.29. The number of hydrogen-bond acceptors (Lipinski definition) is 4. The van der Waals surface area contributed by atoms with Gasteiger partial charge in [-0.15, -0.1) is 0 Å². The molecule has 3 N–H and O–H groups in total. The van der Waals surface area contributed by atoms with Crippen molar-refractivity contribution < 1.29 is 0 Å². The summed E-state index contributed by atoms with van der Waals surface area (Å²) in [4.78, 5) is 8.65. The highest BCUT2D eigenvalue weighted by molar-refractivity contribution is 5.65. The molecule has 2 unspecified atom stereocenters. The average molecular weight is 231 g/mol. The van der Waals surface area contributed by atoms with E-state index in [1.54, 1.807) is 12.4 Å². The second-order valence-electron chi connectivity index (χ2n) is 4.93. The van der Waals surface area contributed by atoms with E-state index in [9.17, 15) is 0 Å². The third-order valence-corrected chi connectivity index (χ3v) is 3.43. The van der Waals surface area contributed by atoms with Gasteiger partial charge in [0, 0.05) is 18.4 Å². The molecule has 90 valence electrons. The molecule has 0 spiro atoms. The first-order chi connectivity index (χ1) is 8.22. The van der Waals surface area contributed by atoms with Gasteiger partial charge in [-0.2, -0.15) is 0 Å². The first-order valence-electron chi connectivity index (χ1n) is 6.08. The molecule has 2 heterocycles. The van der Waals surface area contributed by atoms with E-state index in [4.69, 9.17) is 5.73 Å². The molecular formula is C12H17N5. The molecule has 0 radical (unpaired) electrons. The normalized spacial score (nSPS) is 24.3. The van der Waals surface area contributed by atoms with Crippen LogP contribution in [0.15, 0.2) is 18.6 Å².